The third kappa shape index (κ3) is 0.988. The van der Waals surface area contributed by atoms with Gasteiger partial charge in [0, 0.05) is 24.1 Å². The molecule has 13 heavy (non-hydrogen) atoms. The summed E-state index contributed by atoms with van der Waals surface area (Å²) in [5.41, 5.74) is 2.62. The van der Waals surface area contributed by atoms with Crippen molar-refractivity contribution < 1.29 is 4.74 Å². The van der Waals surface area contributed by atoms with Crippen molar-refractivity contribution in [1.29, 1.82) is 0 Å². The van der Waals surface area contributed by atoms with Gasteiger partial charge in [-0.15, -0.1) is 0 Å². The van der Waals surface area contributed by atoms with Crippen LogP contribution >= 0.6 is 0 Å². The zero-order valence-corrected chi connectivity index (χ0v) is 7.53. The smallest absolute Gasteiger partial charge is 0.107 e. The third-order valence-electron chi connectivity index (χ3n) is 2.64. The van der Waals surface area contributed by atoms with Gasteiger partial charge in [-0.25, -0.2) is 0 Å². The van der Waals surface area contributed by atoms with E-state index in [9.17, 15) is 0 Å². The van der Waals surface area contributed by atoms with E-state index in [0.717, 1.165) is 6.61 Å². The first kappa shape index (κ1) is 7.15. The molecule has 66 valence electrons. The highest BCUT2D eigenvalue weighted by molar-refractivity contribution is 5.84. The fourth-order valence-corrected chi connectivity index (χ4v) is 1.83. The second kappa shape index (κ2) is 2.36. The molecular weight excluding hydrogens is 162 g/mol. The van der Waals surface area contributed by atoms with Gasteiger partial charge < -0.3 is 9.30 Å². The van der Waals surface area contributed by atoms with E-state index in [4.69, 9.17) is 4.74 Å². The summed E-state index contributed by atoms with van der Waals surface area (Å²) in [6.07, 6.45) is 2.45. The minimum atomic E-state index is 0.353. The van der Waals surface area contributed by atoms with Crippen molar-refractivity contribution in [2.45, 2.75) is 6.10 Å². The highest BCUT2D eigenvalue weighted by Gasteiger charge is 2.26. The number of fused-ring (bicyclic) bond motifs is 1. The zero-order valence-electron chi connectivity index (χ0n) is 7.53. The first-order valence-corrected chi connectivity index (χ1v) is 4.52. The Morgan fingerprint density at radius 2 is 2.23 bits per heavy atom. The Hall–Kier alpha value is -1.28. The molecule has 0 unspecified atom stereocenters. The Morgan fingerprint density at radius 1 is 1.38 bits per heavy atom. The molecule has 0 radical (unpaired) electrons. The highest BCUT2D eigenvalue weighted by Crippen LogP contribution is 2.34. The number of nitrogens with zero attached hydrogens (tertiary/aromatic N) is 1. The molecule has 0 amide bonds. The SMILES string of the molecule is Cn1ccc2c([C@@H]3CO3)cccc21. The van der Waals surface area contributed by atoms with E-state index in [1.165, 1.54) is 16.5 Å². The molecular formula is C11H11NO. The second-order valence-electron chi connectivity index (χ2n) is 3.53. The molecule has 0 spiro atoms. The van der Waals surface area contributed by atoms with E-state index < -0.39 is 0 Å². The molecule has 1 aromatic carbocycles. The Balaban J connectivity index is 2.33. The number of epoxide rings is 1. The monoisotopic (exact) mass is 173 g/mol. The summed E-state index contributed by atoms with van der Waals surface area (Å²) < 4.78 is 7.44. The number of hydrogen-bond acceptors (Lipinski definition) is 1. The van der Waals surface area contributed by atoms with Gasteiger partial charge in [-0.1, -0.05) is 12.1 Å². The highest BCUT2D eigenvalue weighted by atomic mass is 16.6. The van der Waals surface area contributed by atoms with Gasteiger partial charge in [0.15, 0.2) is 0 Å². The lowest BCUT2D eigenvalue weighted by atomic mass is 10.1. The predicted molar refractivity (Wildman–Crippen MR) is 51.6 cm³/mol. The van der Waals surface area contributed by atoms with Crippen LogP contribution in [0, 0.1) is 0 Å². The minimum Gasteiger partial charge on any atom is -0.368 e. The maximum absolute atomic E-state index is 5.30. The van der Waals surface area contributed by atoms with Crippen LogP contribution < -0.4 is 0 Å². The average molecular weight is 173 g/mol. The number of ether oxygens (including phenoxy) is 1. The molecule has 2 heteroatoms. The first-order chi connectivity index (χ1) is 6.36. The van der Waals surface area contributed by atoms with Crippen LogP contribution in [0.1, 0.15) is 11.7 Å². The molecule has 1 atom stereocenters. The van der Waals surface area contributed by atoms with Crippen molar-refractivity contribution in [3.05, 3.63) is 36.0 Å². The van der Waals surface area contributed by atoms with E-state index in [2.05, 4.69) is 42.1 Å². The van der Waals surface area contributed by atoms with Gasteiger partial charge in [0.25, 0.3) is 0 Å². The van der Waals surface area contributed by atoms with Crippen molar-refractivity contribution in [3.8, 4) is 0 Å². The van der Waals surface area contributed by atoms with Crippen molar-refractivity contribution in [2.24, 2.45) is 7.05 Å². The van der Waals surface area contributed by atoms with Gasteiger partial charge >= 0.3 is 0 Å². The standard InChI is InChI=1S/C11H11NO/c1-12-6-5-8-9(11-7-13-11)3-2-4-10(8)12/h2-6,11H,7H2,1H3/t11-/m0/s1. The van der Waals surface area contributed by atoms with Crippen molar-refractivity contribution >= 4 is 10.9 Å². The van der Waals surface area contributed by atoms with Crippen molar-refractivity contribution in [2.75, 3.05) is 6.61 Å². The largest absolute Gasteiger partial charge is 0.368 e. The number of hydrogen-bond donors (Lipinski definition) is 0. The fraction of sp³-hybridized carbons (Fsp3) is 0.273. The van der Waals surface area contributed by atoms with Gasteiger partial charge in [0.2, 0.25) is 0 Å². The van der Waals surface area contributed by atoms with Crippen LogP contribution in [0.25, 0.3) is 10.9 Å². The van der Waals surface area contributed by atoms with E-state index >= 15 is 0 Å². The molecule has 2 aromatic rings. The average Bonchev–Trinajstić information content (AvgIpc) is 2.92. The molecule has 0 aliphatic carbocycles. The van der Waals surface area contributed by atoms with Gasteiger partial charge in [-0.3, -0.25) is 0 Å². The maximum atomic E-state index is 5.30. The van der Waals surface area contributed by atoms with Crippen LogP contribution in [0.4, 0.5) is 0 Å². The fourth-order valence-electron chi connectivity index (χ4n) is 1.83. The molecule has 1 aliphatic rings. The number of aromatic nitrogens is 1. The number of aryl methyl sites for hydroxylation is 1. The molecule has 1 aliphatic heterocycles. The summed E-state index contributed by atoms with van der Waals surface area (Å²) in [5, 5.41) is 1.33. The van der Waals surface area contributed by atoms with E-state index in [1.807, 2.05) is 0 Å². The summed E-state index contributed by atoms with van der Waals surface area (Å²) in [4.78, 5) is 0. The van der Waals surface area contributed by atoms with E-state index in [0.29, 0.717) is 6.10 Å². The van der Waals surface area contributed by atoms with Gasteiger partial charge in [0.05, 0.1) is 6.61 Å². The van der Waals surface area contributed by atoms with E-state index in [-0.39, 0.29) is 0 Å². The first-order valence-electron chi connectivity index (χ1n) is 4.52. The minimum absolute atomic E-state index is 0.353. The molecule has 1 aromatic heterocycles. The maximum Gasteiger partial charge on any atom is 0.107 e. The molecule has 2 heterocycles. The van der Waals surface area contributed by atoms with Gasteiger partial charge in [-0.2, -0.15) is 0 Å². The summed E-state index contributed by atoms with van der Waals surface area (Å²) in [6, 6.07) is 8.55. The molecule has 0 saturated carbocycles. The van der Waals surface area contributed by atoms with Crippen LogP contribution in [0.3, 0.4) is 0 Å². The Kier molecular flexibility index (Phi) is 1.30. The quantitative estimate of drug-likeness (QED) is 0.604. The number of rotatable bonds is 1. The molecule has 1 fully saturated rings. The lowest BCUT2D eigenvalue weighted by Gasteiger charge is -1.99. The van der Waals surface area contributed by atoms with Crippen LogP contribution in [0.2, 0.25) is 0 Å². The summed E-state index contributed by atoms with van der Waals surface area (Å²) >= 11 is 0. The lowest BCUT2D eigenvalue weighted by Crippen LogP contribution is -1.85. The summed E-state index contributed by atoms with van der Waals surface area (Å²) in [7, 11) is 2.07. The normalized spacial score (nSPS) is 20.8. The van der Waals surface area contributed by atoms with Crippen molar-refractivity contribution in [3.63, 3.8) is 0 Å². The zero-order chi connectivity index (χ0) is 8.84. The Labute approximate surface area is 76.7 Å². The summed E-state index contributed by atoms with van der Waals surface area (Å²) in [6.45, 7) is 0.883. The molecule has 3 rings (SSSR count). The third-order valence-corrected chi connectivity index (χ3v) is 2.64. The Bertz CT molecular complexity index is 454. The molecule has 2 nitrogen and oxygen atoms in total. The topological polar surface area (TPSA) is 17.5 Å². The van der Waals surface area contributed by atoms with E-state index in [1.54, 1.807) is 0 Å². The van der Waals surface area contributed by atoms with Crippen molar-refractivity contribution in [1.82, 2.24) is 4.57 Å². The van der Waals surface area contributed by atoms with Crippen LogP contribution in [0.15, 0.2) is 30.5 Å². The molecule has 0 N–H and O–H groups in total. The molecule has 0 bridgehead atoms. The summed E-state index contributed by atoms with van der Waals surface area (Å²) in [5.74, 6) is 0. The number of benzene rings is 1. The Morgan fingerprint density at radius 3 is 3.00 bits per heavy atom. The predicted octanol–water partition coefficient (Wildman–Crippen LogP) is 2.25. The van der Waals surface area contributed by atoms with Crippen LogP contribution in [0.5, 0.6) is 0 Å². The van der Waals surface area contributed by atoms with Gasteiger partial charge in [-0.05, 0) is 17.7 Å². The molecule has 1 saturated heterocycles. The van der Waals surface area contributed by atoms with Crippen LogP contribution in [-0.2, 0) is 11.8 Å². The van der Waals surface area contributed by atoms with Gasteiger partial charge in [0.1, 0.15) is 6.10 Å². The lowest BCUT2D eigenvalue weighted by molar-refractivity contribution is 0.417. The second-order valence-corrected chi connectivity index (χ2v) is 3.53. The van der Waals surface area contributed by atoms with Crippen LogP contribution in [-0.4, -0.2) is 11.2 Å².